The van der Waals surface area contributed by atoms with Crippen LogP contribution in [-0.2, 0) is 22.1 Å². The van der Waals surface area contributed by atoms with Crippen LogP contribution in [-0.4, -0.2) is 49.0 Å². The molecule has 0 radical (unpaired) electrons. The van der Waals surface area contributed by atoms with Gasteiger partial charge in [0.05, 0.1) is 36.8 Å². The Bertz CT molecular complexity index is 1140. The fourth-order valence-corrected chi connectivity index (χ4v) is 3.67. The van der Waals surface area contributed by atoms with Crippen molar-refractivity contribution in [2.45, 2.75) is 25.9 Å². The lowest BCUT2D eigenvalue weighted by Crippen LogP contribution is -2.36. The van der Waals surface area contributed by atoms with E-state index >= 15 is 0 Å². The summed E-state index contributed by atoms with van der Waals surface area (Å²) in [4.78, 5) is 18.8. The second-order valence-electron chi connectivity index (χ2n) is 7.85. The highest BCUT2D eigenvalue weighted by Crippen LogP contribution is 2.36. The third-order valence-corrected chi connectivity index (χ3v) is 5.41. The van der Waals surface area contributed by atoms with E-state index in [-0.39, 0.29) is 24.4 Å². The molecule has 0 bridgehead atoms. The molecule has 2 aromatic carbocycles. The van der Waals surface area contributed by atoms with Crippen molar-refractivity contribution in [2.24, 2.45) is 0 Å². The van der Waals surface area contributed by atoms with E-state index in [4.69, 9.17) is 14.0 Å². The van der Waals surface area contributed by atoms with Crippen LogP contribution in [0.25, 0.3) is 11.4 Å². The predicted octanol–water partition coefficient (Wildman–Crippen LogP) is 4.56. The molecule has 35 heavy (non-hydrogen) atoms. The van der Waals surface area contributed by atoms with E-state index in [0.717, 1.165) is 23.4 Å². The highest BCUT2D eigenvalue weighted by atomic mass is 19.4. The first-order valence-corrected chi connectivity index (χ1v) is 11.2. The largest absolute Gasteiger partial charge is 0.494 e. The van der Waals surface area contributed by atoms with Gasteiger partial charge in [0, 0.05) is 31.5 Å². The van der Waals surface area contributed by atoms with Crippen LogP contribution in [0.4, 0.5) is 24.5 Å². The molecule has 1 aliphatic heterocycles. The number of carbonyl (C=O) groups is 1. The van der Waals surface area contributed by atoms with Gasteiger partial charge in [-0.15, -0.1) is 0 Å². The van der Waals surface area contributed by atoms with Crippen LogP contribution in [0.15, 0.2) is 47.0 Å². The van der Waals surface area contributed by atoms with E-state index in [1.165, 1.54) is 6.07 Å². The average molecular weight is 490 g/mol. The number of hydrogen-bond donors (Lipinski definition) is 1. The number of anilines is 2. The number of morpholine rings is 1. The average Bonchev–Trinajstić information content (AvgIpc) is 3.32. The zero-order valence-corrected chi connectivity index (χ0v) is 19.1. The zero-order chi connectivity index (χ0) is 24.8. The predicted molar refractivity (Wildman–Crippen MR) is 122 cm³/mol. The Kier molecular flexibility index (Phi) is 7.54. The number of halogens is 3. The number of amides is 1. The van der Waals surface area contributed by atoms with Crippen molar-refractivity contribution in [2.75, 3.05) is 43.1 Å². The van der Waals surface area contributed by atoms with Gasteiger partial charge in [-0.25, -0.2) is 0 Å². The zero-order valence-electron chi connectivity index (χ0n) is 19.1. The van der Waals surface area contributed by atoms with E-state index in [9.17, 15) is 18.0 Å². The second kappa shape index (κ2) is 10.8. The van der Waals surface area contributed by atoms with Crippen molar-refractivity contribution in [3.05, 3.63) is 53.9 Å². The molecular formula is C24H25F3N4O4. The standard InChI is InChI=1S/C24H25F3N4O4/c1-2-34-18-6-3-16(4-7-18)23-29-22(35-30-23)10-9-21(32)28-19-15-17(24(25,26)27)5-8-20(19)31-11-13-33-14-12-31/h3-8,15H,2,9-14H2,1H3,(H,28,32). The lowest BCUT2D eigenvalue weighted by molar-refractivity contribution is -0.137. The summed E-state index contributed by atoms with van der Waals surface area (Å²) in [5, 5.41) is 6.56. The maximum absolute atomic E-state index is 13.3. The summed E-state index contributed by atoms with van der Waals surface area (Å²) in [6.45, 7) is 4.41. The SMILES string of the molecule is CCOc1ccc(-c2noc(CCC(=O)Nc3cc(C(F)(F)F)ccc3N3CCOCC3)n2)cc1. The fraction of sp³-hybridized carbons (Fsp3) is 0.375. The topological polar surface area (TPSA) is 89.7 Å². The molecule has 8 nitrogen and oxygen atoms in total. The van der Waals surface area contributed by atoms with Crippen molar-refractivity contribution in [3.8, 4) is 17.1 Å². The molecule has 186 valence electrons. The van der Waals surface area contributed by atoms with E-state index in [2.05, 4.69) is 15.5 Å². The molecule has 1 saturated heterocycles. The van der Waals surface area contributed by atoms with Crippen molar-refractivity contribution < 1.29 is 32.0 Å². The van der Waals surface area contributed by atoms with Gasteiger partial charge < -0.3 is 24.2 Å². The fourth-order valence-electron chi connectivity index (χ4n) is 3.67. The lowest BCUT2D eigenvalue weighted by atomic mass is 10.1. The van der Waals surface area contributed by atoms with Crippen LogP contribution in [0.3, 0.4) is 0 Å². The van der Waals surface area contributed by atoms with E-state index in [1.807, 2.05) is 11.8 Å². The molecule has 1 N–H and O–H groups in total. The molecule has 1 amide bonds. The Morgan fingerprint density at radius 1 is 1.14 bits per heavy atom. The number of nitrogens with one attached hydrogen (secondary N) is 1. The molecule has 2 heterocycles. The number of ether oxygens (including phenoxy) is 2. The van der Waals surface area contributed by atoms with Gasteiger partial charge >= 0.3 is 6.18 Å². The quantitative estimate of drug-likeness (QED) is 0.495. The van der Waals surface area contributed by atoms with Crippen LogP contribution in [0, 0.1) is 0 Å². The molecule has 1 aromatic heterocycles. The van der Waals surface area contributed by atoms with Gasteiger partial charge in [-0.1, -0.05) is 5.16 Å². The summed E-state index contributed by atoms with van der Waals surface area (Å²) < 4.78 is 55.8. The normalized spacial score (nSPS) is 14.1. The third-order valence-electron chi connectivity index (χ3n) is 5.41. The highest BCUT2D eigenvalue weighted by Gasteiger charge is 2.32. The maximum Gasteiger partial charge on any atom is 0.416 e. The first-order valence-electron chi connectivity index (χ1n) is 11.2. The van der Waals surface area contributed by atoms with Crippen molar-refractivity contribution in [1.82, 2.24) is 10.1 Å². The van der Waals surface area contributed by atoms with Crippen LogP contribution >= 0.6 is 0 Å². The van der Waals surface area contributed by atoms with Crippen LogP contribution in [0.2, 0.25) is 0 Å². The van der Waals surface area contributed by atoms with Gasteiger partial charge in [-0.05, 0) is 49.4 Å². The van der Waals surface area contributed by atoms with Gasteiger partial charge in [-0.3, -0.25) is 4.79 Å². The summed E-state index contributed by atoms with van der Waals surface area (Å²) in [6, 6.07) is 10.5. The number of rotatable bonds is 8. The van der Waals surface area contributed by atoms with E-state index in [1.54, 1.807) is 24.3 Å². The Morgan fingerprint density at radius 2 is 1.89 bits per heavy atom. The summed E-state index contributed by atoms with van der Waals surface area (Å²) in [5.41, 5.74) is 0.520. The van der Waals surface area contributed by atoms with E-state index < -0.39 is 17.6 Å². The number of carbonyl (C=O) groups excluding carboxylic acids is 1. The Hall–Kier alpha value is -3.60. The van der Waals surface area contributed by atoms with Gasteiger partial charge in [0.25, 0.3) is 0 Å². The summed E-state index contributed by atoms with van der Waals surface area (Å²) in [7, 11) is 0. The van der Waals surface area contributed by atoms with Crippen LogP contribution in [0.1, 0.15) is 24.8 Å². The summed E-state index contributed by atoms with van der Waals surface area (Å²) in [5.74, 6) is 0.889. The third kappa shape index (κ3) is 6.30. The molecule has 0 saturated carbocycles. The summed E-state index contributed by atoms with van der Waals surface area (Å²) in [6.07, 6.45) is -4.42. The first kappa shape index (κ1) is 24.5. The number of hydrogen-bond acceptors (Lipinski definition) is 7. The minimum absolute atomic E-state index is 0.0380. The van der Waals surface area contributed by atoms with Crippen LogP contribution in [0.5, 0.6) is 5.75 Å². The van der Waals surface area contributed by atoms with Gasteiger partial charge in [0.15, 0.2) is 0 Å². The molecule has 0 atom stereocenters. The van der Waals surface area contributed by atoms with E-state index in [0.29, 0.717) is 44.4 Å². The molecule has 0 spiro atoms. The minimum Gasteiger partial charge on any atom is -0.494 e. The highest BCUT2D eigenvalue weighted by molar-refractivity contribution is 5.94. The number of alkyl halides is 3. The molecule has 1 fully saturated rings. The van der Waals surface area contributed by atoms with Gasteiger partial charge in [0.1, 0.15) is 5.75 Å². The number of nitrogens with zero attached hydrogens (tertiary/aromatic N) is 3. The number of aryl methyl sites for hydroxylation is 1. The Morgan fingerprint density at radius 3 is 2.57 bits per heavy atom. The van der Waals surface area contributed by atoms with Crippen molar-refractivity contribution >= 4 is 17.3 Å². The molecule has 0 aliphatic carbocycles. The maximum atomic E-state index is 13.3. The minimum atomic E-state index is -4.52. The van der Waals surface area contributed by atoms with Crippen molar-refractivity contribution in [3.63, 3.8) is 0 Å². The number of benzene rings is 2. The van der Waals surface area contributed by atoms with Gasteiger partial charge in [0.2, 0.25) is 17.6 Å². The molecular weight excluding hydrogens is 465 g/mol. The van der Waals surface area contributed by atoms with Crippen molar-refractivity contribution in [1.29, 1.82) is 0 Å². The Labute approximate surface area is 200 Å². The number of aromatic nitrogens is 2. The molecule has 11 heteroatoms. The Balaban J connectivity index is 1.42. The second-order valence-corrected chi connectivity index (χ2v) is 7.85. The van der Waals surface area contributed by atoms with Crippen LogP contribution < -0.4 is 15.0 Å². The smallest absolute Gasteiger partial charge is 0.416 e. The molecule has 3 aromatic rings. The molecule has 0 unspecified atom stereocenters. The first-order chi connectivity index (χ1) is 16.8. The monoisotopic (exact) mass is 490 g/mol. The molecule has 1 aliphatic rings. The summed E-state index contributed by atoms with van der Waals surface area (Å²) >= 11 is 0. The lowest BCUT2D eigenvalue weighted by Gasteiger charge is -2.31. The molecule has 4 rings (SSSR count). The van der Waals surface area contributed by atoms with Gasteiger partial charge in [-0.2, -0.15) is 18.2 Å².